The smallest absolute Gasteiger partial charge is 0.315 e. The molecular formula is C16H25N3O4S. The molecule has 1 saturated heterocycles. The lowest BCUT2D eigenvalue weighted by molar-refractivity contribution is 0.229. The third-order valence-corrected chi connectivity index (χ3v) is 5.91. The van der Waals surface area contributed by atoms with Gasteiger partial charge >= 0.3 is 6.03 Å². The second-order valence-corrected chi connectivity index (χ2v) is 8.40. The van der Waals surface area contributed by atoms with Crippen LogP contribution >= 0.6 is 0 Å². The molecule has 134 valence electrons. The summed E-state index contributed by atoms with van der Waals surface area (Å²) in [6.07, 6.45) is 0.472. The zero-order valence-corrected chi connectivity index (χ0v) is 15.1. The van der Waals surface area contributed by atoms with Crippen molar-refractivity contribution < 1.29 is 17.9 Å². The minimum absolute atomic E-state index is 0.0179. The van der Waals surface area contributed by atoms with E-state index in [1.54, 1.807) is 7.11 Å². The van der Waals surface area contributed by atoms with E-state index in [0.29, 0.717) is 13.0 Å². The number of methoxy groups -OCH3 is 1. The lowest BCUT2D eigenvalue weighted by atomic mass is 10.0. The van der Waals surface area contributed by atoms with Gasteiger partial charge in [-0.1, -0.05) is 18.2 Å². The highest BCUT2D eigenvalue weighted by Gasteiger charge is 2.29. The molecule has 0 bridgehead atoms. The molecule has 2 rings (SSSR count). The summed E-state index contributed by atoms with van der Waals surface area (Å²) < 4.78 is 28.3. The van der Waals surface area contributed by atoms with Crippen LogP contribution in [0.2, 0.25) is 0 Å². The molecule has 1 fully saturated rings. The van der Waals surface area contributed by atoms with Gasteiger partial charge in [0.1, 0.15) is 5.75 Å². The number of sulfone groups is 1. The van der Waals surface area contributed by atoms with Crippen LogP contribution in [-0.4, -0.2) is 64.6 Å². The summed E-state index contributed by atoms with van der Waals surface area (Å²) in [5.41, 5.74) is 0.980. The first-order valence-corrected chi connectivity index (χ1v) is 9.68. The van der Waals surface area contributed by atoms with Crippen LogP contribution < -0.4 is 15.4 Å². The van der Waals surface area contributed by atoms with Gasteiger partial charge in [-0.25, -0.2) is 13.2 Å². The van der Waals surface area contributed by atoms with Crippen LogP contribution in [-0.2, 0) is 9.84 Å². The first-order valence-electron chi connectivity index (χ1n) is 7.86. The Labute approximate surface area is 143 Å². The molecule has 1 aliphatic heterocycles. The highest BCUT2D eigenvalue weighted by molar-refractivity contribution is 7.91. The van der Waals surface area contributed by atoms with Crippen LogP contribution in [0.25, 0.3) is 0 Å². The molecule has 0 radical (unpaired) electrons. The highest BCUT2D eigenvalue weighted by Crippen LogP contribution is 2.27. The fourth-order valence-electron chi connectivity index (χ4n) is 2.85. The molecule has 24 heavy (non-hydrogen) atoms. The number of benzene rings is 1. The van der Waals surface area contributed by atoms with Crippen molar-refractivity contribution in [3.8, 4) is 5.75 Å². The Bertz CT molecular complexity index is 676. The van der Waals surface area contributed by atoms with E-state index in [1.807, 2.05) is 43.3 Å². The molecule has 2 atom stereocenters. The number of likely N-dealkylation sites (N-methyl/N-ethyl adjacent to an activating group) is 1. The maximum absolute atomic E-state index is 12.1. The second kappa shape index (κ2) is 7.85. The number of ether oxygens (including phenoxy) is 1. The number of nitrogens with zero attached hydrogens (tertiary/aromatic N) is 1. The predicted octanol–water partition coefficient (Wildman–Crippen LogP) is 0.784. The van der Waals surface area contributed by atoms with Gasteiger partial charge in [0.15, 0.2) is 9.84 Å². The topological polar surface area (TPSA) is 87.7 Å². The van der Waals surface area contributed by atoms with Crippen molar-refractivity contribution in [2.75, 3.05) is 39.3 Å². The summed E-state index contributed by atoms with van der Waals surface area (Å²) in [6.45, 7) is 0.388. The SMILES string of the molecule is COc1ccccc1C(CNC(=O)NC1CCS(=O)(=O)C1)N(C)C. The number of hydrogen-bond acceptors (Lipinski definition) is 5. The molecule has 1 aliphatic rings. The molecule has 1 heterocycles. The van der Waals surface area contributed by atoms with Crippen molar-refractivity contribution in [3.63, 3.8) is 0 Å². The molecule has 8 heteroatoms. The fraction of sp³-hybridized carbons (Fsp3) is 0.562. The monoisotopic (exact) mass is 355 g/mol. The molecule has 0 aromatic heterocycles. The zero-order valence-electron chi connectivity index (χ0n) is 14.3. The lowest BCUT2D eigenvalue weighted by Crippen LogP contribution is -2.45. The first kappa shape index (κ1) is 18.5. The maximum atomic E-state index is 12.1. The van der Waals surface area contributed by atoms with Crippen molar-refractivity contribution in [2.45, 2.75) is 18.5 Å². The Kier molecular flexibility index (Phi) is 6.06. The van der Waals surface area contributed by atoms with Gasteiger partial charge in [-0.2, -0.15) is 0 Å². The van der Waals surface area contributed by atoms with Gasteiger partial charge in [0.25, 0.3) is 0 Å². The van der Waals surface area contributed by atoms with E-state index in [9.17, 15) is 13.2 Å². The van der Waals surface area contributed by atoms with Gasteiger partial charge < -0.3 is 20.3 Å². The molecule has 2 amide bonds. The van der Waals surface area contributed by atoms with Crippen molar-refractivity contribution in [3.05, 3.63) is 29.8 Å². The Balaban J connectivity index is 1.95. The van der Waals surface area contributed by atoms with E-state index >= 15 is 0 Å². The average molecular weight is 355 g/mol. The third kappa shape index (κ3) is 4.85. The molecule has 0 saturated carbocycles. The largest absolute Gasteiger partial charge is 0.496 e. The van der Waals surface area contributed by atoms with Gasteiger partial charge in [0, 0.05) is 18.2 Å². The minimum atomic E-state index is -3.01. The zero-order chi connectivity index (χ0) is 17.7. The lowest BCUT2D eigenvalue weighted by Gasteiger charge is -2.26. The van der Waals surface area contributed by atoms with Crippen molar-refractivity contribution >= 4 is 15.9 Å². The third-order valence-electron chi connectivity index (χ3n) is 4.14. The Morgan fingerprint density at radius 2 is 2.08 bits per heavy atom. The van der Waals surface area contributed by atoms with Crippen molar-refractivity contribution in [1.29, 1.82) is 0 Å². The molecule has 2 N–H and O–H groups in total. The highest BCUT2D eigenvalue weighted by atomic mass is 32.2. The second-order valence-electron chi connectivity index (χ2n) is 6.18. The van der Waals surface area contributed by atoms with E-state index in [1.165, 1.54) is 0 Å². The Hall–Kier alpha value is -1.80. The number of carbonyl (C=O) groups is 1. The molecule has 7 nitrogen and oxygen atoms in total. The number of rotatable bonds is 6. The van der Waals surface area contributed by atoms with E-state index in [4.69, 9.17) is 4.74 Å². The fourth-order valence-corrected chi connectivity index (χ4v) is 4.52. The van der Waals surface area contributed by atoms with Gasteiger partial charge in [-0.3, -0.25) is 0 Å². The van der Waals surface area contributed by atoms with E-state index in [2.05, 4.69) is 10.6 Å². The van der Waals surface area contributed by atoms with Gasteiger partial charge in [-0.15, -0.1) is 0 Å². The van der Waals surface area contributed by atoms with Crippen LogP contribution in [0.3, 0.4) is 0 Å². The standard InChI is InChI=1S/C16H25N3O4S/c1-19(2)14(13-6-4-5-7-15(13)23-3)10-17-16(20)18-12-8-9-24(21,22)11-12/h4-7,12,14H,8-11H2,1-3H3,(H2,17,18,20). The molecule has 2 unspecified atom stereocenters. The quantitative estimate of drug-likeness (QED) is 0.787. The van der Waals surface area contributed by atoms with Crippen LogP contribution in [0.4, 0.5) is 4.79 Å². The van der Waals surface area contributed by atoms with E-state index in [-0.39, 0.29) is 29.6 Å². The van der Waals surface area contributed by atoms with Crippen LogP contribution in [0.15, 0.2) is 24.3 Å². The van der Waals surface area contributed by atoms with Gasteiger partial charge in [-0.05, 0) is 26.6 Å². The Morgan fingerprint density at radius 3 is 2.67 bits per heavy atom. The Morgan fingerprint density at radius 1 is 1.38 bits per heavy atom. The van der Waals surface area contributed by atoms with Gasteiger partial charge in [0.05, 0.1) is 24.7 Å². The van der Waals surface area contributed by atoms with E-state index < -0.39 is 9.84 Å². The number of para-hydroxylation sites is 1. The summed E-state index contributed by atoms with van der Waals surface area (Å²) in [5, 5.41) is 5.56. The summed E-state index contributed by atoms with van der Waals surface area (Å²) >= 11 is 0. The summed E-state index contributed by atoms with van der Waals surface area (Å²) in [4.78, 5) is 14.1. The van der Waals surface area contributed by atoms with Crippen molar-refractivity contribution in [1.82, 2.24) is 15.5 Å². The maximum Gasteiger partial charge on any atom is 0.315 e. The summed E-state index contributed by atoms with van der Waals surface area (Å²) in [7, 11) is 2.47. The number of amides is 2. The normalized spacial score (nSPS) is 20.6. The van der Waals surface area contributed by atoms with E-state index in [0.717, 1.165) is 11.3 Å². The molecule has 0 spiro atoms. The molecule has 1 aromatic carbocycles. The minimum Gasteiger partial charge on any atom is -0.496 e. The van der Waals surface area contributed by atoms with Crippen LogP contribution in [0.1, 0.15) is 18.0 Å². The van der Waals surface area contributed by atoms with Crippen LogP contribution in [0.5, 0.6) is 5.75 Å². The first-order chi connectivity index (χ1) is 11.3. The summed E-state index contributed by atoms with van der Waals surface area (Å²) in [6, 6.07) is 6.97. The molecular weight excluding hydrogens is 330 g/mol. The number of carbonyl (C=O) groups excluding carboxylic acids is 1. The number of hydrogen-bond donors (Lipinski definition) is 2. The molecule has 1 aromatic rings. The number of urea groups is 1. The summed E-state index contributed by atoms with van der Waals surface area (Å²) in [5.74, 6) is 0.920. The van der Waals surface area contributed by atoms with Crippen molar-refractivity contribution in [2.24, 2.45) is 0 Å². The predicted molar refractivity (Wildman–Crippen MR) is 93.0 cm³/mol. The average Bonchev–Trinajstić information content (AvgIpc) is 2.86. The van der Waals surface area contributed by atoms with Crippen LogP contribution in [0, 0.1) is 0 Å². The molecule has 0 aliphatic carbocycles. The number of nitrogens with one attached hydrogen (secondary N) is 2. The van der Waals surface area contributed by atoms with Gasteiger partial charge in [0.2, 0.25) is 0 Å².